The Bertz CT molecular complexity index is 1350. The molecular formula is C27H27N3O3S. The molecule has 0 amide bonds. The molecule has 2 aromatic carbocycles. The fourth-order valence-corrected chi connectivity index (χ4v) is 5.57. The standard InChI is InChI=1S/C27H27N3O3S/c1-2-33-27(32)25-24(28-20-8-4-3-5-9-20)22-14-15-23(31)30(26(22)34-25)21-12-10-19(11-13-21)18-29-16-6-7-17-29/h3-5,8-15,28H,2,6-7,16-18H2,1H3. The maximum Gasteiger partial charge on any atom is 0.350 e. The summed E-state index contributed by atoms with van der Waals surface area (Å²) in [5.41, 5.74) is 3.39. The normalized spacial score (nSPS) is 13.9. The van der Waals surface area contributed by atoms with Crippen molar-refractivity contribution in [2.75, 3.05) is 25.0 Å². The predicted octanol–water partition coefficient (Wildman–Crippen LogP) is 5.57. The zero-order valence-electron chi connectivity index (χ0n) is 19.1. The number of aromatic nitrogens is 1. The van der Waals surface area contributed by atoms with E-state index in [1.807, 2.05) is 42.5 Å². The minimum Gasteiger partial charge on any atom is -0.462 e. The number of esters is 1. The highest BCUT2D eigenvalue weighted by Gasteiger charge is 2.23. The van der Waals surface area contributed by atoms with Crippen molar-refractivity contribution in [1.82, 2.24) is 9.47 Å². The SMILES string of the molecule is CCOC(=O)c1sc2c(ccc(=O)n2-c2ccc(CN3CCCC3)cc2)c1Nc1ccccc1. The molecule has 174 valence electrons. The van der Waals surface area contributed by atoms with Gasteiger partial charge in [-0.2, -0.15) is 0 Å². The highest BCUT2D eigenvalue weighted by atomic mass is 32.1. The van der Waals surface area contributed by atoms with Crippen molar-refractivity contribution in [3.8, 4) is 5.69 Å². The number of para-hydroxylation sites is 1. The molecule has 0 saturated carbocycles. The predicted molar refractivity (Wildman–Crippen MR) is 138 cm³/mol. The average molecular weight is 474 g/mol. The van der Waals surface area contributed by atoms with Gasteiger partial charge in [-0.05, 0) is 68.8 Å². The molecule has 0 radical (unpaired) electrons. The van der Waals surface area contributed by atoms with Crippen LogP contribution in [0, 0.1) is 0 Å². The largest absolute Gasteiger partial charge is 0.462 e. The number of pyridine rings is 1. The van der Waals surface area contributed by atoms with E-state index < -0.39 is 5.97 Å². The van der Waals surface area contributed by atoms with Crippen molar-refractivity contribution in [3.63, 3.8) is 0 Å². The first-order valence-corrected chi connectivity index (χ1v) is 12.4. The van der Waals surface area contributed by atoms with E-state index in [0.29, 0.717) is 15.4 Å². The zero-order valence-corrected chi connectivity index (χ0v) is 19.9. The highest BCUT2D eigenvalue weighted by Crippen LogP contribution is 2.38. The minimum absolute atomic E-state index is 0.136. The smallest absolute Gasteiger partial charge is 0.350 e. The molecule has 6 nitrogen and oxygen atoms in total. The molecule has 2 aromatic heterocycles. The van der Waals surface area contributed by atoms with Crippen molar-refractivity contribution in [1.29, 1.82) is 0 Å². The van der Waals surface area contributed by atoms with Gasteiger partial charge in [-0.25, -0.2) is 4.79 Å². The zero-order chi connectivity index (χ0) is 23.5. The van der Waals surface area contributed by atoms with Crippen LogP contribution in [0.4, 0.5) is 11.4 Å². The first-order chi connectivity index (χ1) is 16.6. The van der Waals surface area contributed by atoms with E-state index >= 15 is 0 Å². The Morgan fingerprint density at radius 3 is 2.44 bits per heavy atom. The van der Waals surface area contributed by atoms with Gasteiger partial charge >= 0.3 is 5.97 Å². The molecule has 4 aromatic rings. The average Bonchev–Trinajstić information content (AvgIpc) is 3.49. The summed E-state index contributed by atoms with van der Waals surface area (Å²) in [6.45, 7) is 5.28. The van der Waals surface area contributed by atoms with Gasteiger partial charge in [0.25, 0.3) is 5.56 Å². The van der Waals surface area contributed by atoms with Crippen LogP contribution in [0.15, 0.2) is 71.5 Å². The summed E-state index contributed by atoms with van der Waals surface area (Å²) in [6, 6.07) is 21.2. The van der Waals surface area contributed by atoms with Crippen molar-refractivity contribution >= 4 is 38.9 Å². The molecule has 0 atom stereocenters. The lowest BCUT2D eigenvalue weighted by Gasteiger charge is -2.15. The van der Waals surface area contributed by atoms with E-state index in [4.69, 9.17) is 4.74 Å². The number of carbonyl (C=O) groups excluding carboxylic acids is 1. The monoisotopic (exact) mass is 473 g/mol. The number of benzene rings is 2. The van der Waals surface area contributed by atoms with Crippen molar-refractivity contribution in [3.05, 3.63) is 87.5 Å². The molecule has 3 heterocycles. The van der Waals surface area contributed by atoms with Crippen LogP contribution in [0.1, 0.15) is 35.0 Å². The fraction of sp³-hybridized carbons (Fsp3) is 0.259. The molecular weight excluding hydrogens is 446 g/mol. The van der Waals surface area contributed by atoms with Gasteiger partial charge in [-0.3, -0.25) is 14.3 Å². The number of nitrogens with zero attached hydrogens (tertiary/aromatic N) is 2. The third-order valence-corrected chi connectivity index (χ3v) is 7.22. The summed E-state index contributed by atoms with van der Waals surface area (Å²) in [5, 5.41) is 4.17. The number of likely N-dealkylation sites (tertiary alicyclic amines) is 1. The van der Waals surface area contributed by atoms with Crippen LogP contribution in [0.5, 0.6) is 0 Å². The van der Waals surface area contributed by atoms with Gasteiger partial charge in [0, 0.05) is 23.7 Å². The molecule has 1 N–H and O–H groups in total. The van der Waals surface area contributed by atoms with E-state index in [1.54, 1.807) is 23.6 Å². The van der Waals surface area contributed by atoms with Crippen molar-refractivity contribution < 1.29 is 9.53 Å². The van der Waals surface area contributed by atoms with E-state index in [9.17, 15) is 9.59 Å². The number of ether oxygens (including phenoxy) is 1. The summed E-state index contributed by atoms with van der Waals surface area (Å²) in [6.07, 6.45) is 2.52. The van der Waals surface area contributed by atoms with E-state index in [0.717, 1.165) is 36.4 Å². The molecule has 1 fully saturated rings. The van der Waals surface area contributed by atoms with Crippen molar-refractivity contribution in [2.24, 2.45) is 0 Å². The molecule has 1 aliphatic rings. The van der Waals surface area contributed by atoms with Crippen LogP contribution in [-0.4, -0.2) is 35.1 Å². The fourth-order valence-electron chi connectivity index (χ4n) is 4.41. The second-order valence-corrected chi connectivity index (χ2v) is 9.39. The Hall–Kier alpha value is -3.42. The Morgan fingerprint density at radius 1 is 1.00 bits per heavy atom. The number of hydrogen-bond acceptors (Lipinski definition) is 6. The van der Waals surface area contributed by atoms with Crippen LogP contribution in [-0.2, 0) is 11.3 Å². The van der Waals surface area contributed by atoms with Gasteiger partial charge in [0.2, 0.25) is 0 Å². The van der Waals surface area contributed by atoms with Crippen LogP contribution < -0.4 is 10.9 Å². The van der Waals surface area contributed by atoms with Gasteiger partial charge < -0.3 is 10.1 Å². The van der Waals surface area contributed by atoms with Crippen LogP contribution >= 0.6 is 11.3 Å². The second kappa shape index (κ2) is 9.83. The van der Waals surface area contributed by atoms with Gasteiger partial charge in [0.1, 0.15) is 9.71 Å². The molecule has 0 spiro atoms. The van der Waals surface area contributed by atoms with Crippen LogP contribution in [0.2, 0.25) is 0 Å². The van der Waals surface area contributed by atoms with Crippen LogP contribution in [0.25, 0.3) is 15.9 Å². The minimum atomic E-state index is -0.401. The number of nitrogens with one attached hydrogen (secondary N) is 1. The lowest BCUT2D eigenvalue weighted by molar-refractivity contribution is 0.0533. The summed E-state index contributed by atoms with van der Waals surface area (Å²) >= 11 is 1.27. The molecule has 5 rings (SSSR count). The van der Waals surface area contributed by atoms with E-state index in [-0.39, 0.29) is 12.2 Å². The number of anilines is 2. The molecule has 1 saturated heterocycles. The summed E-state index contributed by atoms with van der Waals surface area (Å²) in [5.74, 6) is -0.401. The number of thiophene rings is 1. The molecule has 7 heteroatoms. The topological polar surface area (TPSA) is 63.6 Å². The second-order valence-electron chi connectivity index (χ2n) is 8.39. The van der Waals surface area contributed by atoms with Gasteiger partial charge in [0.05, 0.1) is 18.0 Å². The van der Waals surface area contributed by atoms with Crippen LogP contribution in [0.3, 0.4) is 0 Å². The lowest BCUT2D eigenvalue weighted by atomic mass is 10.2. The quantitative estimate of drug-likeness (QED) is 0.356. The van der Waals surface area contributed by atoms with E-state index in [1.165, 1.54) is 29.7 Å². The van der Waals surface area contributed by atoms with E-state index in [2.05, 4.69) is 22.3 Å². The molecule has 1 aliphatic heterocycles. The maximum absolute atomic E-state index is 13.0. The van der Waals surface area contributed by atoms with Gasteiger partial charge in [-0.1, -0.05) is 30.3 Å². The number of carbonyl (C=O) groups is 1. The van der Waals surface area contributed by atoms with Crippen molar-refractivity contribution in [2.45, 2.75) is 26.3 Å². The molecule has 0 unspecified atom stereocenters. The first kappa shape index (κ1) is 22.4. The Kier molecular flexibility index (Phi) is 6.47. The summed E-state index contributed by atoms with van der Waals surface area (Å²) < 4.78 is 7.01. The summed E-state index contributed by atoms with van der Waals surface area (Å²) in [7, 11) is 0. The Morgan fingerprint density at radius 2 is 1.74 bits per heavy atom. The Labute approximate surface area is 202 Å². The third-order valence-electron chi connectivity index (χ3n) is 6.04. The number of fused-ring (bicyclic) bond motifs is 1. The van der Waals surface area contributed by atoms with Gasteiger partial charge in [-0.15, -0.1) is 11.3 Å². The molecule has 34 heavy (non-hydrogen) atoms. The molecule has 0 bridgehead atoms. The highest BCUT2D eigenvalue weighted by molar-refractivity contribution is 7.21. The summed E-state index contributed by atoms with van der Waals surface area (Å²) in [4.78, 5) is 29.4. The number of hydrogen-bond donors (Lipinski definition) is 1. The maximum atomic E-state index is 13.0. The van der Waals surface area contributed by atoms with Gasteiger partial charge in [0.15, 0.2) is 0 Å². The Balaban J connectivity index is 1.58. The number of rotatable bonds is 7. The lowest BCUT2D eigenvalue weighted by Crippen LogP contribution is -2.19. The third kappa shape index (κ3) is 4.49. The molecule has 0 aliphatic carbocycles. The first-order valence-electron chi connectivity index (χ1n) is 11.6.